The van der Waals surface area contributed by atoms with Crippen molar-refractivity contribution in [2.75, 3.05) is 38.2 Å². The number of benzene rings is 2. The predicted molar refractivity (Wildman–Crippen MR) is 136 cm³/mol. The van der Waals surface area contributed by atoms with Crippen LogP contribution >= 0.6 is 11.3 Å². The zero-order valence-electron chi connectivity index (χ0n) is 20.1. The Hall–Kier alpha value is -3.10. The van der Waals surface area contributed by atoms with Crippen molar-refractivity contribution in [3.63, 3.8) is 0 Å². The van der Waals surface area contributed by atoms with E-state index in [2.05, 4.69) is 70.1 Å². The van der Waals surface area contributed by atoms with Gasteiger partial charge in [-0.2, -0.15) is 4.52 Å². The highest BCUT2D eigenvalue weighted by Gasteiger charge is 2.31. The first-order valence-electron chi connectivity index (χ1n) is 11.7. The number of anilines is 1. The monoisotopic (exact) mass is 477 g/mol. The molecule has 1 aliphatic rings. The largest absolute Gasteiger partial charge is 0.497 e. The van der Waals surface area contributed by atoms with Crippen LogP contribution in [0.1, 0.15) is 47.6 Å². The molecule has 0 saturated carbocycles. The van der Waals surface area contributed by atoms with Crippen molar-refractivity contribution in [1.29, 1.82) is 0 Å². The summed E-state index contributed by atoms with van der Waals surface area (Å²) >= 11 is 1.52. The molecule has 0 spiro atoms. The van der Waals surface area contributed by atoms with E-state index in [-0.39, 0.29) is 11.9 Å². The van der Waals surface area contributed by atoms with Crippen LogP contribution in [0.25, 0.3) is 4.96 Å². The van der Waals surface area contributed by atoms with Gasteiger partial charge in [-0.05, 0) is 48.2 Å². The van der Waals surface area contributed by atoms with Crippen molar-refractivity contribution in [1.82, 2.24) is 19.5 Å². The highest BCUT2D eigenvalue weighted by atomic mass is 32.1. The first kappa shape index (κ1) is 22.7. The molecule has 1 atom stereocenters. The zero-order valence-corrected chi connectivity index (χ0v) is 20.9. The third-order valence-electron chi connectivity index (χ3n) is 6.59. The van der Waals surface area contributed by atoms with Gasteiger partial charge in [0.25, 0.3) is 0 Å². The van der Waals surface area contributed by atoms with Gasteiger partial charge in [-0.15, -0.1) is 5.10 Å². The molecule has 5 rings (SSSR count). The number of aromatic nitrogens is 3. The lowest BCUT2D eigenvalue weighted by Gasteiger charge is -2.40. The van der Waals surface area contributed by atoms with E-state index in [1.54, 1.807) is 11.6 Å². The molecule has 1 saturated heterocycles. The van der Waals surface area contributed by atoms with E-state index in [0.29, 0.717) is 11.7 Å². The average Bonchev–Trinajstić information content (AvgIpc) is 3.37. The fourth-order valence-corrected chi connectivity index (χ4v) is 5.81. The summed E-state index contributed by atoms with van der Waals surface area (Å²) in [5.41, 5.74) is 3.70. The van der Waals surface area contributed by atoms with E-state index >= 15 is 0 Å². The molecule has 1 unspecified atom stereocenters. The van der Waals surface area contributed by atoms with Crippen LogP contribution in [0.15, 0.2) is 48.5 Å². The minimum Gasteiger partial charge on any atom is -0.497 e. The highest BCUT2D eigenvalue weighted by molar-refractivity contribution is 7.17. The number of nitrogens with zero attached hydrogens (tertiary/aromatic N) is 5. The first-order valence-corrected chi connectivity index (χ1v) is 12.5. The minimum atomic E-state index is -0.0481. The Balaban J connectivity index is 1.44. The maximum Gasteiger partial charge on any atom is 0.230 e. The highest BCUT2D eigenvalue weighted by Crippen LogP contribution is 2.40. The van der Waals surface area contributed by atoms with E-state index < -0.39 is 0 Å². The number of hydrogen-bond donors (Lipinski definition) is 1. The molecule has 4 aromatic rings. The first-order chi connectivity index (χ1) is 16.4. The summed E-state index contributed by atoms with van der Waals surface area (Å²) in [6, 6.07) is 17.0. The van der Waals surface area contributed by atoms with Gasteiger partial charge in [0, 0.05) is 31.9 Å². The quantitative estimate of drug-likeness (QED) is 0.428. The molecule has 1 fully saturated rings. The van der Waals surface area contributed by atoms with E-state index in [4.69, 9.17) is 4.74 Å². The Labute approximate surface area is 204 Å². The maximum absolute atomic E-state index is 11.1. The van der Waals surface area contributed by atoms with Gasteiger partial charge in [0.2, 0.25) is 10.8 Å². The predicted octanol–water partition coefficient (Wildman–Crippen LogP) is 4.85. The fourth-order valence-electron chi connectivity index (χ4n) is 4.65. The Bertz CT molecular complexity index is 1260. The summed E-state index contributed by atoms with van der Waals surface area (Å²) in [5, 5.41) is 15.5. The van der Waals surface area contributed by atoms with Crippen molar-refractivity contribution >= 4 is 22.0 Å². The van der Waals surface area contributed by atoms with Crippen molar-refractivity contribution in [3.05, 3.63) is 70.4 Å². The molecular formula is C26H31N5O2S. The second kappa shape index (κ2) is 9.27. The number of thiazole rings is 1. The number of hydrogen-bond acceptors (Lipinski definition) is 7. The molecule has 8 heteroatoms. The normalized spacial score (nSPS) is 15.9. The Kier molecular flexibility index (Phi) is 6.18. The van der Waals surface area contributed by atoms with Gasteiger partial charge in [0.15, 0.2) is 0 Å². The molecule has 0 aliphatic carbocycles. The molecule has 178 valence electrons. The fraction of sp³-hybridized carbons (Fsp3) is 0.385. The number of piperazine rings is 1. The smallest absolute Gasteiger partial charge is 0.230 e. The van der Waals surface area contributed by atoms with Crippen LogP contribution in [0.3, 0.4) is 0 Å². The lowest BCUT2D eigenvalue weighted by Crippen LogP contribution is -2.47. The van der Waals surface area contributed by atoms with Gasteiger partial charge in [-0.3, -0.25) is 4.90 Å². The third kappa shape index (κ3) is 4.23. The average molecular weight is 478 g/mol. The molecule has 2 aromatic heterocycles. The van der Waals surface area contributed by atoms with Crippen LogP contribution in [0.5, 0.6) is 11.6 Å². The summed E-state index contributed by atoms with van der Waals surface area (Å²) in [7, 11) is 1.69. The van der Waals surface area contributed by atoms with Gasteiger partial charge in [0.05, 0.1) is 18.0 Å². The number of rotatable bonds is 6. The van der Waals surface area contributed by atoms with Gasteiger partial charge in [-0.25, -0.2) is 4.98 Å². The Morgan fingerprint density at radius 2 is 1.59 bits per heavy atom. The lowest BCUT2D eigenvalue weighted by molar-refractivity contribution is 0.211. The summed E-state index contributed by atoms with van der Waals surface area (Å²) in [4.78, 5) is 11.0. The second-order valence-corrected chi connectivity index (χ2v) is 10.1. The van der Waals surface area contributed by atoms with Gasteiger partial charge in [0.1, 0.15) is 11.6 Å². The molecule has 3 heterocycles. The topological polar surface area (TPSA) is 66.1 Å². The van der Waals surface area contributed by atoms with Crippen LogP contribution in [0.2, 0.25) is 0 Å². The van der Waals surface area contributed by atoms with Crippen molar-refractivity contribution in [3.8, 4) is 11.6 Å². The van der Waals surface area contributed by atoms with Gasteiger partial charge >= 0.3 is 0 Å². The molecule has 34 heavy (non-hydrogen) atoms. The number of aryl methyl sites for hydroxylation is 1. The minimum absolute atomic E-state index is 0.0481. The second-order valence-electron chi connectivity index (χ2n) is 9.09. The summed E-state index contributed by atoms with van der Waals surface area (Å²) in [5.74, 6) is 2.20. The standard InChI is InChI=1S/C26H31N5O2S/c1-17(2)19-5-7-20(8-6-19)23(24-25(32)31-26(34-24)27-18(3)28-31)30-15-13-29(14-16-30)21-9-11-22(33-4)12-10-21/h5-12,17,23,32H,13-16H2,1-4H3. The number of fused-ring (bicyclic) bond motifs is 1. The Morgan fingerprint density at radius 1 is 0.941 bits per heavy atom. The van der Waals surface area contributed by atoms with Crippen LogP contribution in [0, 0.1) is 6.92 Å². The van der Waals surface area contributed by atoms with E-state index in [9.17, 15) is 5.11 Å². The molecule has 2 aromatic carbocycles. The summed E-state index contributed by atoms with van der Waals surface area (Å²) in [6.45, 7) is 9.85. The van der Waals surface area contributed by atoms with Gasteiger partial charge < -0.3 is 14.7 Å². The number of ether oxygens (including phenoxy) is 1. The summed E-state index contributed by atoms with van der Waals surface area (Å²) < 4.78 is 6.87. The molecule has 0 amide bonds. The molecular weight excluding hydrogens is 446 g/mol. The van der Waals surface area contributed by atoms with E-state index in [1.807, 2.05) is 19.1 Å². The number of methoxy groups -OCH3 is 1. The molecule has 0 radical (unpaired) electrons. The zero-order chi connectivity index (χ0) is 23.8. The van der Waals surface area contributed by atoms with E-state index in [1.165, 1.54) is 28.2 Å². The lowest BCUT2D eigenvalue weighted by atomic mass is 9.97. The van der Waals surface area contributed by atoms with Crippen LogP contribution < -0.4 is 9.64 Å². The van der Waals surface area contributed by atoms with Crippen LogP contribution in [-0.4, -0.2) is 57.9 Å². The summed E-state index contributed by atoms with van der Waals surface area (Å²) in [6.07, 6.45) is 0. The maximum atomic E-state index is 11.1. The third-order valence-corrected chi connectivity index (χ3v) is 7.66. The van der Waals surface area contributed by atoms with Crippen molar-refractivity contribution < 1.29 is 9.84 Å². The SMILES string of the molecule is COc1ccc(N2CCN(C(c3ccc(C(C)C)cc3)c3sc4nc(C)nn4c3O)CC2)cc1. The van der Waals surface area contributed by atoms with Crippen molar-refractivity contribution in [2.24, 2.45) is 0 Å². The van der Waals surface area contributed by atoms with E-state index in [0.717, 1.165) is 41.8 Å². The van der Waals surface area contributed by atoms with Gasteiger partial charge in [-0.1, -0.05) is 49.4 Å². The number of aromatic hydroxyl groups is 1. The van der Waals surface area contributed by atoms with Crippen molar-refractivity contribution in [2.45, 2.75) is 32.7 Å². The molecule has 1 aliphatic heterocycles. The molecule has 1 N–H and O–H groups in total. The molecule has 0 bridgehead atoms. The van der Waals surface area contributed by atoms with Crippen LogP contribution in [0.4, 0.5) is 5.69 Å². The Morgan fingerprint density at radius 3 is 2.18 bits per heavy atom. The van der Waals surface area contributed by atoms with Crippen LogP contribution in [-0.2, 0) is 0 Å². The molecule has 7 nitrogen and oxygen atoms in total.